The van der Waals surface area contributed by atoms with Crippen LogP contribution < -0.4 is 5.32 Å². The van der Waals surface area contributed by atoms with E-state index in [0.717, 1.165) is 12.8 Å². The summed E-state index contributed by atoms with van der Waals surface area (Å²) in [7, 11) is 0. The fourth-order valence-corrected chi connectivity index (χ4v) is 4.16. The summed E-state index contributed by atoms with van der Waals surface area (Å²) in [6, 6.07) is 9.08. The molecule has 2 aliphatic rings. The number of benzene rings is 1. The van der Waals surface area contributed by atoms with Crippen LogP contribution in [0.15, 0.2) is 24.3 Å². The van der Waals surface area contributed by atoms with Gasteiger partial charge in [-0.05, 0) is 36.3 Å². The Hall–Kier alpha value is -1.35. The Morgan fingerprint density at radius 1 is 1.17 bits per heavy atom. The first-order valence-electron chi connectivity index (χ1n) is 9.07. The third kappa shape index (κ3) is 3.77. The van der Waals surface area contributed by atoms with Crippen molar-refractivity contribution in [2.24, 2.45) is 5.92 Å². The van der Waals surface area contributed by atoms with E-state index in [1.807, 2.05) is 0 Å². The highest BCUT2D eigenvalue weighted by atomic mass is 16.5. The van der Waals surface area contributed by atoms with Crippen LogP contribution in [-0.4, -0.2) is 18.1 Å². The number of carbonyl (C=O) groups is 1. The molecule has 0 spiro atoms. The van der Waals surface area contributed by atoms with Crippen LogP contribution in [0, 0.1) is 5.92 Å². The number of hydrogen-bond donors (Lipinski definition) is 1. The number of rotatable bonds is 3. The molecule has 23 heavy (non-hydrogen) atoms. The Labute approximate surface area is 139 Å². The number of amides is 1. The zero-order chi connectivity index (χ0) is 16.4. The lowest BCUT2D eigenvalue weighted by Crippen LogP contribution is -2.50. The SMILES string of the molecule is CC(=O)N[C@@H]1C[C@H](c2ccc(C(C)C)cc2)O[C@@H]2CCCC[C@@H]12. The van der Waals surface area contributed by atoms with Crippen molar-refractivity contribution in [1.82, 2.24) is 5.32 Å². The molecule has 1 saturated carbocycles. The van der Waals surface area contributed by atoms with Crippen molar-refractivity contribution in [1.29, 1.82) is 0 Å². The lowest BCUT2D eigenvalue weighted by atomic mass is 9.76. The monoisotopic (exact) mass is 315 g/mol. The van der Waals surface area contributed by atoms with Crippen molar-refractivity contribution in [3.8, 4) is 0 Å². The van der Waals surface area contributed by atoms with Crippen molar-refractivity contribution in [2.45, 2.75) is 77.0 Å². The fraction of sp³-hybridized carbons (Fsp3) is 0.650. The molecule has 4 atom stereocenters. The van der Waals surface area contributed by atoms with Gasteiger partial charge in [-0.25, -0.2) is 0 Å². The predicted octanol–water partition coefficient (Wildman–Crippen LogP) is 4.33. The molecule has 1 heterocycles. The molecule has 1 N–H and O–H groups in total. The maximum absolute atomic E-state index is 11.6. The largest absolute Gasteiger partial charge is 0.370 e. The Bertz CT molecular complexity index is 537. The van der Waals surface area contributed by atoms with Crippen LogP contribution in [0.2, 0.25) is 0 Å². The second-order valence-electron chi connectivity index (χ2n) is 7.48. The van der Waals surface area contributed by atoms with Gasteiger partial charge in [-0.3, -0.25) is 4.79 Å². The zero-order valence-electron chi connectivity index (χ0n) is 14.5. The topological polar surface area (TPSA) is 38.3 Å². The van der Waals surface area contributed by atoms with Crippen LogP contribution in [0.3, 0.4) is 0 Å². The summed E-state index contributed by atoms with van der Waals surface area (Å²) in [6.45, 7) is 6.05. The van der Waals surface area contributed by atoms with Gasteiger partial charge in [0.15, 0.2) is 0 Å². The second kappa shape index (κ2) is 7.04. The van der Waals surface area contributed by atoms with Gasteiger partial charge in [0, 0.05) is 18.9 Å². The third-order valence-electron chi connectivity index (χ3n) is 5.44. The molecule has 0 unspecified atom stereocenters. The Morgan fingerprint density at radius 3 is 2.52 bits per heavy atom. The van der Waals surface area contributed by atoms with Gasteiger partial charge in [-0.15, -0.1) is 0 Å². The van der Waals surface area contributed by atoms with Crippen LogP contribution in [0.4, 0.5) is 0 Å². The lowest BCUT2D eigenvalue weighted by molar-refractivity contribution is -0.131. The first-order chi connectivity index (χ1) is 11.0. The summed E-state index contributed by atoms with van der Waals surface area (Å²) < 4.78 is 6.44. The van der Waals surface area contributed by atoms with Gasteiger partial charge < -0.3 is 10.1 Å². The molecule has 2 fully saturated rings. The third-order valence-corrected chi connectivity index (χ3v) is 5.44. The average molecular weight is 315 g/mol. The molecule has 1 amide bonds. The maximum atomic E-state index is 11.6. The van der Waals surface area contributed by atoms with Crippen molar-refractivity contribution in [3.63, 3.8) is 0 Å². The van der Waals surface area contributed by atoms with E-state index in [1.165, 1.54) is 30.4 Å². The van der Waals surface area contributed by atoms with Crippen molar-refractivity contribution in [3.05, 3.63) is 35.4 Å². The molecule has 0 aromatic heterocycles. The molecule has 126 valence electrons. The van der Waals surface area contributed by atoms with Crippen molar-refractivity contribution >= 4 is 5.91 Å². The summed E-state index contributed by atoms with van der Waals surface area (Å²) in [5.41, 5.74) is 2.60. The minimum absolute atomic E-state index is 0.0788. The highest BCUT2D eigenvalue weighted by Crippen LogP contribution is 2.41. The van der Waals surface area contributed by atoms with E-state index in [9.17, 15) is 4.79 Å². The molecule has 1 aromatic carbocycles. The van der Waals surface area contributed by atoms with Gasteiger partial charge in [-0.1, -0.05) is 51.0 Å². The summed E-state index contributed by atoms with van der Waals surface area (Å²) >= 11 is 0. The van der Waals surface area contributed by atoms with Crippen LogP contribution in [-0.2, 0) is 9.53 Å². The molecule has 1 aliphatic carbocycles. The molecule has 1 aromatic rings. The Morgan fingerprint density at radius 2 is 1.87 bits per heavy atom. The van der Waals surface area contributed by atoms with Gasteiger partial charge in [0.1, 0.15) is 0 Å². The molecular formula is C20H29NO2. The quantitative estimate of drug-likeness (QED) is 0.901. The highest BCUT2D eigenvalue weighted by Gasteiger charge is 2.40. The molecule has 3 rings (SSSR count). The first-order valence-corrected chi connectivity index (χ1v) is 9.07. The lowest BCUT2D eigenvalue weighted by Gasteiger charge is -2.45. The minimum Gasteiger partial charge on any atom is -0.370 e. The Kier molecular flexibility index (Phi) is 5.05. The van der Waals surface area contributed by atoms with Crippen LogP contribution in [0.1, 0.15) is 76.0 Å². The number of hydrogen-bond acceptors (Lipinski definition) is 2. The number of fused-ring (bicyclic) bond motifs is 1. The van der Waals surface area contributed by atoms with Crippen LogP contribution in [0.5, 0.6) is 0 Å². The first kappa shape index (κ1) is 16.5. The van der Waals surface area contributed by atoms with E-state index in [2.05, 4.69) is 43.4 Å². The maximum Gasteiger partial charge on any atom is 0.217 e. The van der Waals surface area contributed by atoms with Gasteiger partial charge in [0.2, 0.25) is 5.91 Å². The van der Waals surface area contributed by atoms with Gasteiger partial charge >= 0.3 is 0 Å². The minimum atomic E-state index is 0.0788. The summed E-state index contributed by atoms with van der Waals surface area (Å²) in [5, 5.41) is 3.19. The van der Waals surface area contributed by atoms with E-state index < -0.39 is 0 Å². The molecular weight excluding hydrogens is 286 g/mol. The molecule has 0 bridgehead atoms. The van der Waals surface area contributed by atoms with Gasteiger partial charge in [0.25, 0.3) is 0 Å². The smallest absolute Gasteiger partial charge is 0.217 e. The summed E-state index contributed by atoms with van der Waals surface area (Å²) in [4.78, 5) is 11.6. The van der Waals surface area contributed by atoms with Crippen LogP contribution >= 0.6 is 0 Å². The van der Waals surface area contributed by atoms with Crippen molar-refractivity contribution < 1.29 is 9.53 Å². The fourth-order valence-electron chi connectivity index (χ4n) is 4.16. The molecule has 1 aliphatic heterocycles. The number of carbonyl (C=O) groups excluding carboxylic acids is 1. The standard InChI is InChI=1S/C20H29NO2/c1-13(2)15-8-10-16(11-9-15)20-12-18(21-14(3)22)17-6-4-5-7-19(17)23-20/h8-11,13,17-20H,4-7,12H2,1-3H3,(H,21,22)/t17-,18+,19+,20+/m0/s1. The molecule has 1 saturated heterocycles. The molecule has 0 radical (unpaired) electrons. The van der Waals surface area contributed by atoms with Gasteiger partial charge in [-0.2, -0.15) is 0 Å². The number of ether oxygens (including phenoxy) is 1. The van der Waals surface area contributed by atoms with Crippen LogP contribution in [0.25, 0.3) is 0 Å². The Balaban J connectivity index is 1.78. The van der Waals surface area contributed by atoms with E-state index in [0.29, 0.717) is 17.9 Å². The molecule has 3 nitrogen and oxygen atoms in total. The summed E-state index contributed by atoms with van der Waals surface area (Å²) in [6.07, 6.45) is 6.09. The molecule has 3 heteroatoms. The van der Waals surface area contributed by atoms with Crippen molar-refractivity contribution in [2.75, 3.05) is 0 Å². The van der Waals surface area contributed by atoms with E-state index in [4.69, 9.17) is 4.74 Å². The predicted molar refractivity (Wildman–Crippen MR) is 92.3 cm³/mol. The number of nitrogens with one attached hydrogen (secondary N) is 1. The zero-order valence-corrected chi connectivity index (χ0v) is 14.5. The normalized spacial score (nSPS) is 30.8. The van der Waals surface area contributed by atoms with E-state index in [1.54, 1.807) is 6.92 Å². The average Bonchev–Trinajstić information content (AvgIpc) is 2.54. The van der Waals surface area contributed by atoms with E-state index in [-0.39, 0.29) is 18.1 Å². The second-order valence-corrected chi connectivity index (χ2v) is 7.48. The van der Waals surface area contributed by atoms with Gasteiger partial charge in [0.05, 0.1) is 12.2 Å². The highest BCUT2D eigenvalue weighted by molar-refractivity contribution is 5.73. The summed E-state index contributed by atoms with van der Waals surface area (Å²) in [5.74, 6) is 1.11. The van der Waals surface area contributed by atoms with E-state index >= 15 is 0 Å².